The molecule has 0 spiro atoms. The Labute approximate surface area is 158 Å². The quantitative estimate of drug-likeness (QED) is 0.559. The predicted octanol–water partition coefficient (Wildman–Crippen LogP) is 3.92. The third-order valence-electron chi connectivity index (χ3n) is 4.95. The second-order valence-corrected chi connectivity index (χ2v) is 7.48. The molecule has 1 saturated heterocycles. The van der Waals surface area contributed by atoms with Gasteiger partial charge in [0.15, 0.2) is 0 Å². The number of rotatable bonds is 3. The van der Waals surface area contributed by atoms with Crippen LogP contribution in [0, 0.1) is 6.92 Å². The summed E-state index contributed by atoms with van der Waals surface area (Å²) in [5.41, 5.74) is 9.35. The van der Waals surface area contributed by atoms with Crippen molar-refractivity contribution in [3.8, 4) is 11.1 Å². The van der Waals surface area contributed by atoms with E-state index < -0.39 is 11.6 Å². The lowest BCUT2D eigenvalue weighted by atomic mass is 9.89. The first-order valence-corrected chi connectivity index (χ1v) is 8.94. The molecule has 1 aromatic carbocycles. The SMILES string of the molecule is Cc1ccc(N)cc1-c1cc(Cl)nc(N2CCC(C)(NC(=O)O)CC2)c1. The fourth-order valence-electron chi connectivity index (χ4n) is 3.36. The topological polar surface area (TPSA) is 91.5 Å². The van der Waals surface area contributed by atoms with Crippen molar-refractivity contribution in [2.24, 2.45) is 0 Å². The Kier molecular flexibility index (Phi) is 4.96. The van der Waals surface area contributed by atoms with Crippen molar-refractivity contribution >= 4 is 29.2 Å². The number of amides is 1. The maximum Gasteiger partial charge on any atom is 0.405 e. The summed E-state index contributed by atoms with van der Waals surface area (Å²) < 4.78 is 0. The van der Waals surface area contributed by atoms with Crippen LogP contribution in [-0.4, -0.2) is 34.8 Å². The minimum atomic E-state index is -0.985. The van der Waals surface area contributed by atoms with E-state index in [1.807, 2.05) is 44.2 Å². The lowest BCUT2D eigenvalue weighted by molar-refractivity contribution is 0.173. The first kappa shape index (κ1) is 18.3. The molecule has 4 N–H and O–H groups in total. The molecule has 0 saturated carbocycles. The molecule has 0 aliphatic carbocycles. The van der Waals surface area contributed by atoms with Gasteiger partial charge in [-0.25, -0.2) is 9.78 Å². The number of halogens is 1. The highest BCUT2D eigenvalue weighted by molar-refractivity contribution is 6.29. The van der Waals surface area contributed by atoms with E-state index >= 15 is 0 Å². The number of nitrogens with zero attached hydrogens (tertiary/aromatic N) is 2. The maximum absolute atomic E-state index is 11.0. The van der Waals surface area contributed by atoms with Crippen LogP contribution in [0.1, 0.15) is 25.3 Å². The minimum Gasteiger partial charge on any atom is -0.465 e. The number of carbonyl (C=O) groups is 1. The summed E-state index contributed by atoms with van der Waals surface area (Å²) in [5, 5.41) is 12.0. The summed E-state index contributed by atoms with van der Waals surface area (Å²) >= 11 is 6.28. The van der Waals surface area contributed by atoms with Gasteiger partial charge in [0.2, 0.25) is 0 Å². The number of aryl methyl sites for hydroxylation is 1. The van der Waals surface area contributed by atoms with Gasteiger partial charge in [-0.05, 0) is 67.6 Å². The Morgan fingerprint density at radius 1 is 1.31 bits per heavy atom. The molecule has 0 unspecified atom stereocenters. The summed E-state index contributed by atoms with van der Waals surface area (Å²) in [4.78, 5) is 17.6. The van der Waals surface area contributed by atoms with Crippen LogP contribution in [0.25, 0.3) is 11.1 Å². The Morgan fingerprint density at radius 2 is 2.00 bits per heavy atom. The van der Waals surface area contributed by atoms with Gasteiger partial charge in [0, 0.05) is 24.3 Å². The van der Waals surface area contributed by atoms with Crippen LogP contribution in [0.5, 0.6) is 0 Å². The zero-order valence-corrected chi connectivity index (χ0v) is 15.7. The number of nitrogen functional groups attached to an aromatic ring is 1. The van der Waals surface area contributed by atoms with Crippen molar-refractivity contribution in [2.45, 2.75) is 32.2 Å². The molecule has 2 aromatic rings. The van der Waals surface area contributed by atoms with Gasteiger partial charge in [0.25, 0.3) is 0 Å². The highest BCUT2D eigenvalue weighted by atomic mass is 35.5. The molecular formula is C19H23ClN4O2. The molecule has 1 aliphatic heterocycles. The molecule has 7 heteroatoms. The highest BCUT2D eigenvalue weighted by Gasteiger charge is 2.32. The molecule has 3 rings (SSSR count). The van der Waals surface area contributed by atoms with Crippen LogP contribution >= 0.6 is 11.6 Å². The van der Waals surface area contributed by atoms with E-state index in [-0.39, 0.29) is 0 Å². The third kappa shape index (κ3) is 4.02. The minimum absolute atomic E-state index is 0.409. The van der Waals surface area contributed by atoms with E-state index in [9.17, 15) is 4.79 Å². The van der Waals surface area contributed by atoms with Crippen molar-refractivity contribution in [2.75, 3.05) is 23.7 Å². The number of nitrogens with one attached hydrogen (secondary N) is 1. The average Bonchev–Trinajstić information content (AvgIpc) is 2.56. The lowest BCUT2D eigenvalue weighted by Gasteiger charge is -2.39. The molecule has 1 aromatic heterocycles. The number of nitrogens with two attached hydrogens (primary N) is 1. The zero-order chi connectivity index (χ0) is 18.9. The lowest BCUT2D eigenvalue weighted by Crippen LogP contribution is -2.53. The van der Waals surface area contributed by atoms with Gasteiger partial charge in [-0.2, -0.15) is 0 Å². The summed E-state index contributed by atoms with van der Waals surface area (Å²) in [6, 6.07) is 9.66. The van der Waals surface area contributed by atoms with Gasteiger partial charge in [0.1, 0.15) is 11.0 Å². The van der Waals surface area contributed by atoms with Crippen molar-refractivity contribution in [3.05, 3.63) is 41.0 Å². The number of hydrogen-bond acceptors (Lipinski definition) is 4. The van der Waals surface area contributed by atoms with Crippen molar-refractivity contribution < 1.29 is 9.90 Å². The van der Waals surface area contributed by atoms with Crippen molar-refractivity contribution in [1.82, 2.24) is 10.3 Å². The number of aromatic nitrogens is 1. The van der Waals surface area contributed by atoms with Gasteiger partial charge in [-0.3, -0.25) is 0 Å². The number of carboxylic acid groups (broad SMARTS) is 1. The number of pyridine rings is 1. The van der Waals surface area contributed by atoms with E-state index in [4.69, 9.17) is 22.4 Å². The molecule has 0 bridgehead atoms. The van der Waals surface area contributed by atoms with Crippen molar-refractivity contribution in [3.63, 3.8) is 0 Å². The molecule has 138 valence electrons. The Hall–Kier alpha value is -2.47. The smallest absolute Gasteiger partial charge is 0.405 e. The average molecular weight is 375 g/mol. The van der Waals surface area contributed by atoms with E-state index in [1.54, 1.807) is 0 Å². The van der Waals surface area contributed by atoms with Gasteiger partial charge in [-0.15, -0.1) is 0 Å². The van der Waals surface area contributed by atoms with Crippen LogP contribution in [0.15, 0.2) is 30.3 Å². The van der Waals surface area contributed by atoms with Crippen LogP contribution in [0.4, 0.5) is 16.3 Å². The predicted molar refractivity (Wildman–Crippen MR) is 105 cm³/mol. The van der Waals surface area contributed by atoms with Crippen molar-refractivity contribution in [1.29, 1.82) is 0 Å². The van der Waals surface area contributed by atoms with Crippen LogP contribution in [0.2, 0.25) is 5.15 Å². The number of hydrogen-bond donors (Lipinski definition) is 3. The second kappa shape index (κ2) is 7.03. The molecular weight excluding hydrogens is 352 g/mol. The Balaban J connectivity index is 1.85. The molecule has 1 amide bonds. The molecule has 1 fully saturated rings. The molecule has 1 aliphatic rings. The molecule has 0 radical (unpaired) electrons. The first-order chi connectivity index (χ1) is 12.3. The fraction of sp³-hybridized carbons (Fsp3) is 0.368. The Morgan fingerprint density at radius 3 is 2.65 bits per heavy atom. The normalized spacial score (nSPS) is 16.3. The number of benzene rings is 1. The maximum atomic E-state index is 11.0. The van der Waals surface area contributed by atoms with E-state index in [0.29, 0.717) is 36.8 Å². The van der Waals surface area contributed by atoms with Crippen LogP contribution < -0.4 is 16.0 Å². The van der Waals surface area contributed by atoms with Crippen LogP contribution in [0.3, 0.4) is 0 Å². The molecule has 2 heterocycles. The number of anilines is 2. The van der Waals surface area contributed by atoms with E-state index in [0.717, 1.165) is 22.5 Å². The van der Waals surface area contributed by atoms with Gasteiger partial charge >= 0.3 is 6.09 Å². The zero-order valence-electron chi connectivity index (χ0n) is 14.9. The highest BCUT2D eigenvalue weighted by Crippen LogP contribution is 2.32. The van der Waals surface area contributed by atoms with E-state index in [2.05, 4.69) is 15.2 Å². The largest absolute Gasteiger partial charge is 0.465 e. The standard InChI is InChI=1S/C19H23ClN4O2/c1-12-3-4-14(21)11-15(12)13-9-16(20)22-17(10-13)24-7-5-19(2,6-8-24)23-18(25)26/h3-4,9-11,23H,5-8,21H2,1-2H3,(H,25,26). The fourth-order valence-corrected chi connectivity index (χ4v) is 3.57. The first-order valence-electron chi connectivity index (χ1n) is 8.56. The van der Waals surface area contributed by atoms with Gasteiger partial charge in [-0.1, -0.05) is 17.7 Å². The molecule has 6 nitrogen and oxygen atoms in total. The number of piperidine rings is 1. The molecule has 0 atom stereocenters. The van der Waals surface area contributed by atoms with E-state index in [1.165, 1.54) is 0 Å². The Bertz CT molecular complexity index is 832. The third-order valence-corrected chi connectivity index (χ3v) is 5.15. The summed E-state index contributed by atoms with van der Waals surface area (Å²) in [6.07, 6.45) is 0.432. The summed E-state index contributed by atoms with van der Waals surface area (Å²) in [6.45, 7) is 5.39. The van der Waals surface area contributed by atoms with Gasteiger partial charge in [0.05, 0.1) is 0 Å². The summed E-state index contributed by atoms with van der Waals surface area (Å²) in [7, 11) is 0. The summed E-state index contributed by atoms with van der Waals surface area (Å²) in [5.74, 6) is 0.798. The molecule has 26 heavy (non-hydrogen) atoms. The monoisotopic (exact) mass is 374 g/mol. The second-order valence-electron chi connectivity index (χ2n) is 7.09. The van der Waals surface area contributed by atoms with Gasteiger partial charge < -0.3 is 21.1 Å². The van der Waals surface area contributed by atoms with Crippen LogP contribution in [-0.2, 0) is 0 Å².